The van der Waals surface area contributed by atoms with Crippen molar-refractivity contribution in [2.45, 2.75) is 38.6 Å². The first-order valence-corrected chi connectivity index (χ1v) is 11.5. The van der Waals surface area contributed by atoms with Crippen LogP contribution in [0.15, 0.2) is 51.9 Å². The van der Waals surface area contributed by atoms with Crippen LogP contribution < -0.4 is 14.9 Å². The lowest BCUT2D eigenvalue weighted by atomic mass is 10.0. The molecule has 0 saturated carbocycles. The first kappa shape index (κ1) is 28.5. The van der Waals surface area contributed by atoms with Gasteiger partial charge in [0.1, 0.15) is 28.7 Å². The number of aliphatic carboxylic acids is 1. The monoisotopic (exact) mass is 528 g/mol. The van der Waals surface area contributed by atoms with Crippen LogP contribution in [0.3, 0.4) is 0 Å². The molecular formula is C27H28O11. The zero-order valence-electron chi connectivity index (χ0n) is 21.5. The highest BCUT2D eigenvalue weighted by atomic mass is 16.6. The molecule has 0 radical (unpaired) electrons. The van der Waals surface area contributed by atoms with Crippen molar-refractivity contribution in [2.75, 3.05) is 21.3 Å². The first-order chi connectivity index (χ1) is 18.1. The van der Waals surface area contributed by atoms with Gasteiger partial charge in [-0.3, -0.25) is 4.79 Å². The lowest BCUT2D eigenvalue weighted by Gasteiger charge is -2.14. The number of carboxylic acids is 1. The molecule has 3 atom stereocenters. The Morgan fingerprint density at radius 1 is 0.895 bits per heavy atom. The van der Waals surface area contributed by atoms with Gasteiger partial charge in [-0.1, -0.05) is 24.3 Å². The number of benzene rings is 2. The summed E-state index contributed by atoms with van der Waals surface area (Å²) in [4.78, 5) is 49.5. The minimum atomic E-state index is -1.08. The molecule has 11 nitrogen and oxygen atoms in total. The van der Waals surface area contributed by atoms with E-state index >= 15 is 0 Å². The normalized spacial score (nSPS) is 13.5. The molecular weight excluding hydrogens is 500 g/mol. The van der Waals surface area contributed by atoms with Crippen LogP contribution in [0.1, 0.15) is 19.4 Å². The number of carbonyl (C=O) groups is 3. The Balaban J connectivity index is 2.06. The molecule has 1 aromatic heterocycles. The second-order valence-corrected chi connectivity index (χ2v) is 8.33. The maximum atomic E-state index is 13.5. The molecule has 3 rings (SSSR count). The number of ether oxygens (including phenoxy) is 5. The summed E-state index contributed by atoms with van der Waals surface area (Å²) in [6.45, 7) is 2.97. The van der Waals surface area contributed by atoms with E-state index in [2.05, 4.69) is 0 Å². The quantitative estimate of drug-likeness (QED) is 0.289. The van der Waals surface area contributed by atoms with Crippen LogP contribution in [-0.2, 0) is 35.0 Å². The van der Waals surface area contributed by atoms with E-state index in [9.17, 15) is 24.3 Å². The third-order valence-corrected chi connectivity index (χ3v) is 5.86. The van der Waals surface area contributed by atoms with Gasteiger partial charge in [0.2, 0.25) is 5.43 Å². The fourth-order valence-corrected chi connectivity index (χ4v) is 3.42. The molecule has 0 aliphatic carbocycles. The van der Waals surface area contributed by atoms with Gasteiger partial charge in [-0.2, -0.15) is 0 Å². The smallest absolute Gasteiger partial charge is 0.340 e. The summed E-state index contributed by atoms with van der Waals surface area (Å²) >= 11 is 0. The van der Waals surface area contributed by atoms with Crippen LogP contribution in [0.4, 0.5) is 0 Å². The zero-order valence-corrected chi connectivity index (χ0v) is 21.5. The number of fused-ring (bicyclic) bond motifs is 1. The summed E-state index contributed by atoms with van der Waals surface area (Å²) in [5.41, 5.74) is 0.854. The molecule has 0 amide bonds. The Labute approximate surface area is 217 Å². The Hall–Kier alpha value is -4.06. The van der Waals surface area contributed by atoms with Crippen LogP contribution >= 0.6 is 0 Å². The fourth-order valence-electron chi connectivity index (χ4n) is 3.42. The second-order valence-electron chi connectivity index (χ2n) is 8.33. The van der Waals surface area contributed by atoms with E-state index in [1.807, 2.05) is 0 Å². The molecule has 2 aromatic carbocycles. The van der Waals surface area contributed by atoms with Crippen molar-refractivity contribution in [2.24, 2.45) is 0 Å². The summed E-state index contributed by atoms with van der Waals surface area (Å²) in [5.74, 6) is -2.76. The van der Waals surface area contributed by atoms with Crippen LogP contribution in [0.5, 0.6) is 11.5 Å². The number of carboxylic acid groups (broad SMARTS) is 1. The lowest BCUT2D eigenvalue weighted by Crippen LogP contribution is -2.26. The standard InChI is InChI=1S/C27H28O11/c1-14(33-3)26(31)37-18-11-20-23(21(12-18)38-27(32)15(2)34-4)24(28)19(13-36-20)17-8-6-16(7-9-17)10-22(35-5)25(29)30/h6-9,11-15,22H,10H2,1-5H3,(H,29,30)/t14-,15+,22-/m1/s1. The van der Waals surface area contributed by atoms with Crippen LogP contribution in [0, 0.1) is 0 Å². The van der Waals surface area contributed by atoms with Gasteiger partial charge < -0.3 is 33.2 Å². The maximum Gasteiger partial charge on any atom is 0.340 e. The summed E-state index contributed by atoms with van der Waals surface area (Å²) in [5, 5.41) is 9.15. The van der Waals surface area contributed by atoms with Crippen molar-refractivity contribution in [3.8, 4) is 22.6 Å². The highest BCUT2D eigenvalue weighted by molar-refractivity contribution is 5.91. The highest BCUT2D eigenvalue weighted by Gasteiger charge is 2.23. The molecule has 0 bridgehead atoms. The van der Waals surface area contributed by atoms with Gasteiger partial charge in [-0.05, 0) is 25.0 Å². The number of rotatable bonds is 11. The van der Waals surface area contributed by atoms with E-state index in [1.54, 1.807) is 24.3 Å². The Morgan fingerprint density at radius 2 is 1.50 bits per heavy atom. The molecule has 1 N–H and O–H groups in total. The molecule has 0 saturated heterocycles. The number of esters is 2. The number of methoxy groups -OCH3 is 3. The van der Waals surface area contributed by atoms with E-state index in [4.69, 9.17) is 28.1 Å². The summed E-state index contributed by atoms with van der Waals surface area (Å²) in [6, 6.07) is 9.20. The topological polar surface area (TPSA) is 148 Å². The van der Waals surface area contributed by atoms with E-state index in [0.717, 1.165) is 0 Å². The average molecular weight is 529 g/mol. The SMILES string of the molecule is CO[C@@H](C)C(=O)Oc1cc(OC(=O)[C@@H](C)OC)cc2occ(-c3ccc(C[C@@H](OC)C(=O)O)cc3)c(=O)c12. The second kappa shape index (κ2) is 12.5. The van der Waals surface area contributed by atoms with Crippen molar-refractivity contribution < 1.29 is 47.6 Å². The third kappa shape index (κ3) is 6.43. The van der Waals surface area contributed by atoms with Gasteiger partial charge >= 0.3 is 17.9 Å². The molecule has 11 heteroatoms. The zero-order chi connectivity index (χ0) is 28.0. The van der Waals surface area contributed by atoms with E-state index in [1.165, 1.54) is 53.6 Å². The van der Waals surface area contributed by atoms with Crippen LogP contribution in [0.25, 0.3) is 22.1 Å². The van der Waals surface area contributed by atoms with Gasteiger partial charge in [0, 0.05) is 39.9 Å². The summed E-state index contributed by atoms with van der Waals surface area (Å²) < 4.78 is 31.4. The Kier molecular flexibility index (Phi) is 9.35. The Morgan fingerprint density at radius 3 is 2.05 bits per heavy atom. The van der Waals surface area contributed by atoms with Gasteiger partial charge in [-0.15, -0.1) is 0 Å². The molecule has 3 aromatic rings. The van der Waals surface area contributed by atoms with Crippen LogP contribution in [-0.4, -0.2) is 62.7 Å². The fraction of sp³-hybridized carbons (Fsp3) is 0.333. The molecule has 0 spiro atoms. The van der Waals surface area contributed by atoms with Gasteiger partial charge in [0.05, 0.1) is 5.56 Å². The van der Waals surface area contributed by atoms with Crippen molar-refractivity contribution >= 4 is 28.9 Å². The van der Waals surface area contributed by atoms with Crippen molar-refractivity contribution in [1.29, 1.82) is 0 Å². The summed E-state index contributed by atoms with van der Waals surface area (Å²) in [6.07, 6.45) is -1.43. The molecule has 0 aliphatic rings. The van der Waals surface area contributed by atoms with Crippen molar-refractivity contribution in [1.82, 2.24) is 0 Å². The molecule has 0 aliphatic heterocycles. The minimum absolute atomic E-state index is 0.0167. The van der Waals surface area contributed by atoms with Gasteiger partial charge in [0.25, 0.3) is 0 Å². The van der Waals surface area contributed by atoms with E-state index in [-0.39, 0.29) is 34.5 Å². The minimum Gasteiger partial charge on any atom is -0.479 e. The molecule has 0 fully saturated rings. The maximum absolute atomic E-state index is 13.5. The average Bonchev–Trinajstić information content (AvgIpc) is 2.90. The van der Waals surface area contributed by atoms with E-state index < -0.39 is 41.6 Å². The third-order valence-electron chi connectivity index (χ3n) is 5.86. The largest absolute Gasteiger partial charge is 0.479 e. The Bertz CT molecular complexity index is 1370. The molecule has 0 unspecified atom stereocenters. The number of hydrogen-bond acceptors (Lipinski definition) is 10. The number of carbonyl (C=O) groups excluding carboxylic acids is 2. The van der Waals surface area contributed by atoms with Crippen molar-refractivity contribution in [3.63, 3.8) is 0 Å². The predicted octanol–water partition coefficient (Wildman–Crippen LogP) is 2.98. The molecule has 202 valence electrons. The predicted molar refractivity (Wildman–Crippen MR) is 134 cm³/mol. The van der Waals surface area contributed by atoms with Crippen LogP contribution in [0.2, 0.25) is 0 Å². The summed E-state index contributed by atoms with van der Waals surface area (Å²) in [7, 11) is 3.99. The lowest BCUT2D eigenvalue weighted by molar-refractivity contribution is -0.148. The number of hydrogen-bond donors (Lipinski definition) is 1. The molecule has 38 heavy (non-hydrogen) atoms. The van der Waals surface area contributed by atoms with E-state index in [0.29, 0.717) is 11.1 Å². The molecule has 1 heterocycles. The first-order valence-electron chi connectivity index (χ1n) is 11.5. The highest BCUT2D eigenvalue weighted by Crippen LogP contribution is 2.32. The van der Waals surface area contributed by atoms with Crippen molar-refractivity contribution in [3.05, 3.63) is 58.4 Å². The van der Waals surface area contributed by atoms with Gasteiger partial charge in [-0.25, -0.2) is 14.4 Å². The van der Waals surface area contributed by atoms with Gasteiger partial charge in [0.15, 0.2) is 18.3 Å².